The molecular formula is C19H13N3O2S. The number of fused-ring (bicyclic) bond motifs is 1. The van der Waals surface area contributed by atoms with Gasteiger partial charge in [-0.05, 0) is 47.7 Å². The Labute approximate surface area is 147 Å². The molecule has 0 aliphatic carbocycles. The fourth-order valence-corrected chi connectivity index (χ4v) is 3.88. The van der Waals surface area contributed by atoms with E-state index in [0.29, 0.717) is 11.0 Å². The minimum atomic E-state index is -0.589. The zero-order chi connectivity index (χ0) is 17.6. The highest BCUT2D eigenvalue weighted by Crippen LogP contribution is 2.31. The molecule has 0 saturated heterocycles. The van der Waals surface area contributed by atoms with Crippen LogP contribution >= 0.6 is 11.3 Å². The smallest absolute Gasteiger partial charge is 0.270 e. The second kappa shape index (κ2) is 5.65. The molecular weight excluding hydrogens is 334 g/mol. The van der Waals surface area contributed by atoms with E-state index >= 15 is 0 Å². The van der Waals surface area contributed by atoms with Crippen LogP contribution in [0.4, 0.5) is 0 Å². The van der Waals surface area contributed by atoms with Crippen molar-refractivity contribution in [3.63, 3.8) is 0 Å². The summed E-state index contributed by atoms with van der Waals surface area (Å²) in [5.41, 5.74) is 3.23. The maximum absolute atomic E-state index is 11.8. The molecule has 1 aromatic carbocycles. The van der Waals surface area contributed by atoms with Gasteiger partial charge in [-0.25, -0.2) is 0 Å². The molecule has 5 nitrogen and oxygen atoms in total. The highest BCUT2D eigenvalue weighted by Gasteiger charge is 2.16. The third kappa shape index (κ3) is 2.33. The largest absolute Gasteiger partial charge is 0.504 e. The molecule has 0 radical (unpaired) electrons. The Hall–Kier alpha value is -3.30. The van der Waals surface area contributed by atoms with E-state index in [1.54, 1.807) is 34.2 Å². The first-order valence-electron chi connectivity index (χ1n) is 7.61. The van der Waals surface area contributed by atoms with Crippen LogP contribution in [0, 0.1) is 18.3 Å². The molecule has 0 bridgehead atoms. The molecule has 6 heteroatoms. The molecule has 0 fully saturated rings. The van der Waals surface area contributed by atoms with E-state index in [0.717, 1.165) is 11.3 Å². The molecule has 0 aliphatic heterocycles. The van der Waals surface area contributed by atoms with Gasteiger partial charge in [-0.15, -0.1) is 11.3 Å². The summed E-state index contributed by atoms with van der Waals surface area (Å²) in [6.45, 7) is 2.08. The van der Waals surface area contributed by atoms with E-state index in [-0.39, 0.29) is 11.3 Å². The number of thiophene rings is 1. The summed E-state index contributed by atoms with van der Waals surface area (Å²) in [6, 6.07) is 13.5. The van der Waals surface area contributed by atoms with Crippen LogP contribution < -0.4 is 5.56 Å². The lowest BCUT2D eigenvalue weighted by atomic mass is 10.1. The standard InChI is InChI=1S/C19H13N3O2S/c1-11-7-9-25-18(11)12-2-4-13(5-3-12)22-8-6-15-16(22)17(23)14(10-20)19(24)21-15/h2-9H,1H3,(H2,21,23,24). The Morgan fingerprint density at radius 1 is 1.20 bits per heavy atom. The fourth-order valence-electron chi connectivity index (χ4n) is 2.95. The first kappa shape index (κ1) is 15.2. The van der Waals surface area contributed by atoms with Crippen molar-refractivity contribution < 1.29 is 5.11 Å². The zero-order valence-electron chi connectivity index (χ0n) is 13.3. The Kier molecular flexibility index (Phi) is 3.45. The summed E-state index contributed by atoms with van der Waals surface area (Å²) in [4.78, 5) is 15.6. The zero-order valence-corrected chi connectivity index (χ0v) is 14.1. The minimum Gasteiger partial charge on any atom is -0.504 e. The number of rotatable bonds is 2. The van der Waals surface area contributed by atoms with Gasteiger partial charge in [0.05, 0.1) is 5.52 Å². The van der Waals surface area contributed by atoms with Crippen molar-refractivity contribution in [3.8, 4) is 27.9 Å². The minimum absolute atomic E-state index is 0.279. The Bertz CT molecular complexity index is 1190. The predicted molar refractivity (Wildman–Crippen MR) is 98.3 cm³/mol. The van der Waals surface area contributed by atoms with Crippen molar-refractivity contribution in [2.75, 3.05) is 0 Å². The van der Waals surface area contributed by atoms with E-state index < -0.39 is 5.56 Å². The number of hydrogen-bond donors (Lipinski definition) is 2. The molecule has 3 aromatic heterocycles. The maximum atomic E-state index is 11.8. The summed E-state index contributed by atoms with van der Waals surface area (Å²) in [6.07, 6.45) is 1.76. The average Bonchev–Trinajstić information content (AvgIpc) is 3.22. The number of aromatic hydroxyl groups is 1. The summed E-state index contributed by atoms with van der Waals surface area (Å²) >= 11 is 1.69. The summed E-state index contributed by atoms with van der Waals surface area (Å²) in [5, 5.41) is 21.5. The van der Waals surface area contributed by atoms with E-state index in [2.05, 4.69) is 23.4 Å². The van der Waals surface area contributed by atoms with Crippen LogP contribution in [-0.2, 0) is 0 Å². The molecule has 0 unspecified atom stereocenters. The second-order valence-electron chi connectivity index (χ2n) is 5.72. The van der Waals surface area contributed by atoms with Gasteiger partial charge in [0.15, 0.2) is 11.3 Å². The van der Waals surface area contributed by atoms with Crippen molar-refractivity contribution in [1.82, 2.24) is 9.55 Å². The second-order valence-corrected chi connectivity index (χ2v) is 6.63. The van der Waals surface area contributed by atoms with Gasteiger partial charge in [0.2, 0.25) is 0 Å². The number of aromatic nitrogens is 2. The average molecular weight is 347 g/mol. The number of aryl methyl sites for hydroxylation is 1. The van der Waals surface area contributed by atoms with E-state index in [4.69, 9.17) is 5.26 Å². The predicted octanol–water partition coefficient (Wildman–Crippen LogP) is 3.93. The number of benzene rings is 1. The van der Waals surface area contributed by atoms with Gasteiger partial charge in [-0.2, -0.15) is 5.26 Å². The van der Waals surface area contributed by atoms with Crippen LogP contribution in [0.1, 0.15) is 11.1 Å². The van der Waals surface area contributed by atoms with Crippen LogP contribution in [0.2, 0.25) is 0 Å². The molecule has 0 spiro atoms. The molecule has 25 heavy (non-hydrogen) atoms. The van der Waals surface area contributed by atoms with E-state index in [1.165, 1.54) is 10.4 Å². The van der Waals surface area contributed by atoms with Gasteiger partial charge in [-0.3, -0.25) is 4.79 Å². The van der Waals surface area contributed by atoms with Gasteiger partial charge >= 0.3 is 0 Å². The number of hydrogen-bond acceptors (Lipinski definition) is 4. The molecule has 0 atom stereocenters. The number of aromatic amines is 1. The fraction of sp³-hybridized carbons (Fsp3) is 0.0526. The Morgan fingerprint density at radius 3 is 2.60 bits per heavy atom. The first-order chi connectivity index (χ1) is 12.1. The maximum Gasteiger partial charge on any atom is 0.270 e. The van der Waals surface area contributed by atoms with Crippen LogP contribution in [0.15, 0.2) is 52.8 Å². The molecule has 0 aliphatic rings. The summed E-state index contributed by atoms with van der Waals surface area (Å²) < 4.78 is 1.76. The molecule has 0 saturated carbocycles. The molecule has 2 N–H and O–H groups in total. The number of nitrogens with zero attached hydrogens (tertiary/aromatic N) is 2. The van der Waals surface area contributed by atoms with Crippen molar-refractivity contribution >= 4 is 22.4 Å². The molecule has 4 aromatic rings. The first-order valence-corrected chi connectivity index (χ1v) is 8.49. The Morgan fingerprint density at radius 2 is 1.96 bits per heavy atom. The summed E-state index contributed by atoms with van der Waals surface area (Å²) in [5.74, 6) is -0.301. The van der Waals surface area contributed by atoms with E-state index in [9.17, 15) is 9.90 Å². The van der Waals surface area contributed by atoms with Gasteiger partial charge in [0.25, 0.3) is 5.56 Å². The Balaban J connectivity index is 1.87. The number of pyridine rings is 1. The van der Waals surface area contributed by atoms with Crippen molar-refractivity contribution in [1.29, 1.82) is 5.26 Å². The quantitative estimate of drug-likeness (QED) is 0.576. The van der Waals surface area contributed by atoms with Crippen molar-refractivity contribution in [3.05, 3.63) is 69.5 Å². The lowest BCUT2D eigenvalue weighted by Crippen LogP contribution is -2.10. The van der Waals surface area contributed by atoms with Crippen LogP contribution in [0.25, 0.3) is 27.2 Å². The lowest BCUT2D eigenvalue weighted by molar-refractivity contribution is 0.476. The molecule has 4 rings (SSSR count). The highest BCUT2D eigenvalue weighted by atomic mass is 32.1. The summed E-state index contributed by atoms with van der Waals surface area (Å²) in [7, 11) is 0. The molecule has 0 amide bonds. The number of H-pyrrole nitrogens is 1. The molecule has 3 heterocycles. The number of nitrogens with one attached hydrogen (secondary N) is 1. The lowest BCUT2D eigenvalue weighted by Gasteiger charge is -2.08. The van der Waals surface area contributed by atoms with Crippen molar-refractivity contribution in [2.45, 2.75) is 6.92 Å². The normalized spacial score (nSPS) is 10.9. The van der Waals surface area contributed by atoms with Gasteiger partial charge in [0, 0.05) is 16.8 Å². The van der Waals surface area contributed by atoms with E-state index in [1.807, 2.05) is 24.3 Å². The van der Waals surface area contributed by atoms with Gasteiger partial charge in [-0.1, -0.05) is 12.1 Å². The monoisotopic (exact) mass is 347 g/mol. The van der Waals surface area contributed by atoms with Crippen LogP contribution in [-0.4, -0.2) is 14.7 Å². The molecule has 122 valence electrons. The van der Waals surface area contributed by atoms with Gasteiger partial charge < -0.3 is 14.7 Å². The highest BCUT2D eigenvalue weighted by molar-refractivity contribution is 7.13. The topological polar surface area (TPSA) is 81.8 Å². The third-order valence-corrected chi connectivity index (χ3v) is 5.27. The van der Waals surface area contributed by atoms with Gasteiger partial charge in [0.1, 0.15) is 11.6 Å². The SMILES string of the molecule is Cc1ccsc1-c1ccc(-n2ccc3[nH]c(=O)c(C#N)c(O)c32)cc1. The third-order valence-electron chi connectivity index (χ3n) is 4.20. The number of nitriles is 1. The van der Waals surface area contributed by atoms with Crippen LogP contribution in [0.5, 0.6) is 5.75 Å². The van der Waals surface area contributed by atoms with Crippen molar-refractivity contribution in [2.24, 2.45) is 0 Å². The van der Waals surface area contributed by atoms with Crippen LogP contribution in [0.3, 0.4) is 0 Å².